The molecule has 2 aliphatic heterocycles. The molecule has 2 heterocycles. The van der Waals surface area contributed by atoms with Crippen molar-refractivity contribution in [2.24, 2.45) is 33.5 Å². The Kier molecular flexibility index (Phi) is 4.57. The van der Waals surface area contributed by atoms with Crippen molar-refractivity contribution in [3.05, 3.63) is 0 Å². The van der Waals surface area contributed by atoms with Crippen LogP contribution >= 0.6 is 0 Å². The summed E-state index contributed by atoms with van der Waals surface area (Å²) in [6, 6.07) is 0. The predicted octanol–water partition coefficient (Wildman–Crippen LogP) is 5.49. The van der Waals surface area contributed by atoms with Crippen molar-refractivity contribution >= 4 is 11.9 Å². The fraction of sp³-hybridized carbons (Fsp3) is 0.913. The molecule has 0 aromatic heterocycles. The summed E-state index contributed by atoms with van der Waals surface area (Å²) in [6.07, 6.45) is 4.79. The first kappa shape index (κ1) is 20.7. The summed E-state index contributed by atoms with van der Waals surface area (Å²) in [5.41, 5.74) is -0.882. The van der Waals surface area contributed by atoms with Gasteiger partial charge in [0.15, 0.2) is 0 Å². The smallest absolute Gasteiger partial charge is 0.315 e. The van der Waals surface area contributed by atoms with Crippen LogP contribution in [0.25, 0.3) is 0 Å². The van der Waals surface area contributed by atoms with Gasteiger partial charge in [-0.2, -0.15) is 0 Å². The van der Waals surface area contributed by atoms with Crippen LogP contribution in [0.2, 0.25) is 0 Å². The molecule has 0 amide bonds. The summed E-state index contributed by atoms with van der Waals surface area (Å²) in [5.74, 6) is -1.16. The van der Waals surface area contributed by atoms with Gasteiger partial charge in [-0.1, -0.05) is 48.5 Å². The van der Waals surface area contributed by atoms with E-state index >= 15 is 0 Å². The zero-order valence-corrected chi connectivity index (χ0v) is 18.5. The van der Waals surface area contributed by atoms with E-state index in [0.717, 1.165) is 25.7 Å². The lowest BCUT2D eigenvalue weighted by atomic mass is 9.53. The van der Waals surface area contributed by atoms with Crippen LogP contribution in [-0.4, -0.2) is 17.7 Å². The van der Waals surface area contributed by atoms with E-state index in [1.54, 1.807) is 0 Å². The van der Waals surface area contributed by atoms with Gasteiger partial charge in [-0.3, -0.25) is 9.59 Å². The standard InChI is InChI=1S/C23H38O4/c1-15(2)9-22(8,19(3,4)5)18(25)27-23-13-20(6)10-16(17(24)26-23)11-21(7,12-20)14-23/h15-16H,9-14H2,1-8H3. The predicted molar refractivity (Wildman–Crippen MR) is 105 cm³/mol. The van der Waals surface area contributed by atoms with Crippen LogP contribution in [0, 0.1) is 33.5 Å². The van der Waals surface area contributed by atoms with E-state index in [-0.39, 0.29) is 34.1 Å². The highest BCUT2D eigenvalue weighted by molar-refractivity contribution is 5.79. The maximum atomic E-state index is 13.5. The molecule has 4 nitrogen and oxygen atoms in total. The number of fused-ring (bicyclic) bond motifs is 1. The van der Waals surface area contributed by atoms with Crippen molar-refractivity contribution in [2.45, 2.75) is 99.7 Å². The summed E-state index contributed by atoms with van der Waals surface area (Å²) >= 11 is 0. The molecule has 4 heteroatoms. The van der Waals surface area contributed by atoms with E-state index in [4.69, 9.17) is 9.47 Å². The Labute approximate surface area is 164 Å². The Balaban J connectivity index is 1.95. The zero-order chi connectivity index (χ0) is 20.5. The van der Waals surface area contributed by atoms with Crippen molar-refractivity contribution < 1.29 is 19.1 Å². The van der Waals surface area contributed by atoms with Gasteiger partial charge in [-0.05, 0) is 54.8 Å². The third-order valence-corrected chi connectivity index (χ3v) is 7.55. The third-order valence-electron chi connectivity index (χ3n) is 7.55. The van der Waals surface area contributed by atoms with Crippen LogP contribution in [0.15, 0.2) is 0 Å². The number of ether oxygens (including phenoxy) is 2. The number of rotatable bonds is 4. The topological polar surface area (TPSA) is 52.6 Å². The highest BCUT2D eigenvalue weighted by Crippen LogP contribution is 2.63. The van der Waals surface area contributed by atoms with Gasteiger partial charge >= 0.3 is 11.9 Å². The molecule has 0 N–H and O–H groups in total. The van der Waals surface area contributed by atoms with E-state index in [9.17, 15) is 9.59 Å². The lowest BCUT2D eigenvalue weighted by Crippen LogP contribution is -2.54. The zero-order valence-electron chi connectivity index (χ0n) is 18.5. The largest absolute Gasteiger partial charge is 0.422 e. The van der Waals surface area contributed by atoms with E-state index in [0.29, 0.717) is 18.8 Å². The number of hydrogen-bond acceptors (Lipinski definition) is 4. The lowest BCUT2D eigenvalue weighted by Gasteiger charge is -2.54. The summed E-state index contributed by atoms with van der Waals surface area (Å²) in [4.78, 5) is 26.3. The molecule has 0 aromatic carbocycles. The van der Waals surface area contributed by atoms with E-state index < -0.39 is 11.2 Å². The lowest BCUT2D eigenvalue weighted by molar-refractivity contribution is -0.263. The first-order valence-corrected chi connectivity index (χ1v) is 10.6. The van der Waals surface area contributed by atoms with Crippen molar-refractivity contribution in [3.63, 3.8) is 0 Å². The molecule has 2 saturated heterocycles. The minimum Gasteiger partial charge on any atom is -0.422 e. The summed E-state index contributed by atoms with van der Waals surface area (Å²) in [5, 5.41) is 0. The molecule has 0 radical (unpaired) electrons. The molecule has 27 heavy (non-hydrogen) atoms. The van der Waals surface area contributed by atoms with Crippen molar-refractivity contribution in [1.29, 1.82) is 0 Å². The molecule has 0 spiro atoms. The van der Waals surface area contributed by atoms with Crippen molar-refractivity contribution in [2.75, 3.05) is 0 Å². The van der Waals surface area contributed by atoms with E-state index in [2.05, 4.69) is 48.5 Å². The molecule has 3 unspecified atom stereocenters. The summed E-state index contributed by atoms with van der Waals surface area (Å²) in [6.45, 7) is 17.0. The van der Waals surface area contributed by atoms with Crippen LogP contribution in [-0.2, 0) is 19.1 Å². The number of carbonyl (C=O) groups excluding carboxylic acids is 2. The molecule has 4 fully saturated rings. The molecule has 154 valence electrons. The third kappa shape index (κ3) is 3.53. The van der Waals surface area contributed by atoms with E-state index in [1.807, 2.05) is 6.92 Å². The molecule has 4 bridgehead atoms. The second-order valence-corrected chi connectivity index (χ2v) is 12.2. The van der Waals surface area contributed by atoms with Gasteiger partial charge in [-0.25, -0.2) is 0 Å². The van der Waals surface area contributed by atoms with Gasteiger partial charge in [0.1, 0.15) is 0 Å². The quantitative estimate of drug-likeness (QED) is 0.607. The van der Waals surface area contributed by atoms with E-state index in [1.165, 1.54) is 0 Å². The second-order valence-electron chi connectivity index (χ2n) is 12.2. The summed E-state index contributed by atoms with van der Waals surface area (Å²) < 4.78 is 12.2. The Morgan fingerprint density at radius 1 is 1.11 bits per heavy atom. The molecular weight excluding hydrogens is 340 g/mol. The average molecular weight is 379 g/mol. The monoisotopic (exact) mass is 378 g/mol. The number of hydrogen-bond donors (Lipinski definition) is 0. The Hall–Kier alpha value is -1.06. The average Bonchev–Trinajstić information content (AvgIpc) is 2.52. The Morgan fingerprint density at radius 2 is 1.63 bits per heavy atom. The number of esters is 2. The molecule has 4 aliphatic rings. The van der Waals surface area contributed by atoms with Crippen molar-refractivity contribution in [3.8, 4) is 0 Å². The molecule has 2 saturated carbocycles. The SMILES string of the molecule is CC(C)CC(C)(C(=O)OC12CC3(C)CC(CC(C)(C3)C1)C(=O)O2)C(C)(C)C. The van der Waals surface area contributed by atoms with Crippen molar-refractivity contribution in [1.82, 2.24) is 0 Å². The molecule has 3 atom stereocenters. The van der Waals surface area contributed by atoms with Crippen LogP contribution < -0.4 is 0 Å². The van der Waals surface area contributed by atoms with Gasteiger partial charge in [0.25, 0.3) is 5.79 Å². The summed E-state index contributed by atoms with van der Waals surface area (Å²) in [7, 11) is 0. The highest BCUT2D eigenvalue weighted by Gasteiger charge is 2.64. The fourth-order valence-electron chi connectivity index (χ4n) is 6.46. The van der Waals surface area contributed by atoms with Gasteiger partial charge in [0, 0.05) is 12.8 Å². The Morgan fingerprint density at radius 3 is 2.07 bits per heavy atom. The van der Waals surface area contributed by atoms with Crippen LogP contribution in [0.4, 0.5) is 0 Å². The van der Waals surface area contributed by atoms with Gasteiger partial charge in [-0.15, -0.1) is 0 Å². The first-order valence-electron chi connectivity index (χ1n) is 10.6. The fourth-order valence-corrected chi connectivity index (χ4v) is 6.46. The highest BCUT2D eigenvalue weighted by atomic mass is 16.7. The van der Waals surface area contributed by atoms with Crippen LogP contribution in [0.1, 0.15) is 93.9 Å². The van der Waals surface area contributed by atoms with Crippen LogP contribution in [0.5, 0.6) is 0 Å². The molecule has 2 aliphatic carbocycles. The maximum Gasteiger partial charge on any atom is 0.315 e. The molecular formula is C23H38O4. The Bertz CT molecular complexity index is 625. The van der Waals surface area contributed by atoms with Gasteiger partial charge in [0.2, 0.25) is 0 Å². The minimum atomic E-state index is -1.09. The molecule has 4 rings (SSSR count). The van der Waals surface area contributed by atoms with Gasteiger partial charge in [0.05, 0.1) is 11.3 Å². The molecule has 0 aromatic rings. The minimum absolute atomic E-state index is 0.00145. The number of carbonyl (C=O) groups is 2. The first-order chi connectivity index (χ1) is 12.1. The normalized spacial score (nSPS) is 40.5. The van der Waals surface area contributed by atoms with Crippen LogP contribution in [0.3, 0.4) is 0 Å². The maximum absolute atomic E-state index is 13.5. The van der Waals surface area contributed by atoms with Gasteiger partial charge < -0.3 is 9.47 Å². The second kappa shape index (κ2) is 5.97.